The van der Waals surface area contributed by atoms with E-state index in [-0.39, 0.29) is 30.3 Å². The van der Waals surface area contributed by atoms with E-state index in [1.54, 1.807) is 29.2 Å². The minimum atomic E-state index is -0.312. The number of piperidine rings is 2. The largest absolute Gasteiger partial charge is 0.486 e. The number of likely N-dealkylation sites (tertiary alicyclic amines) is 1. The van der Waals surface area contributed by atoms with Crippen molar-refractivity contribution in [3.8, 4) is 11.5 Å². The zero-order valence-corrected chi connectivity index (χ0v) is 20.9. The van der Waals surface area contributed by atoms with Gasteiger partial charge in [-0.05, 0) is 68.9 Å². The van der Waals surface area contributed by atoms with Crippen molar-refractivity contribution in [3.05, 3.63) is 42.0 Å². The second-order valence-corrected chi connectivity index (χ2v) is 10.1. The van der Waals surface area contributed by atoms with Crippen molar-refractivity contribution >= 4 is 34.8 Å². The summed E-state index contributed by atoms with van der Waals surface area (Å²) >= 11 is 0. The third-order valence-corrected chi connectivity index (χ3v) is 7.65. The van der Waals surface area contributed by atoms with Gasteiger partial charge in [-0.25, -0.2) is 0 Å². The van der Waals surface area contributed by atoms with Crippen LogP contribution < -0.4 is 24.6 Å². The molecule has 1 atom stereocenters. The summed E-state index contributed by atoms with van der Waals surface area (Å²) in [6.07, 6.45) is 5.92. The average Bonchev–Trinajstić information content (AvgIpc) is 2.95. The maximum absolute atomic E-state index is 13.7. The van der Waals surface area contributed by atoms with Gasteiger partial charge in [-0.1, -0.05) is 0 Å². The molecule has 0 spiro atoms. The maximum Gasteiger partial charge on any atom is 0.253 e. The summed E-state index contributed by atoms with van der Waals surface area (Å²) in [7, 11) is 0. The van der Waals surface area contributed by atoms with E-state index in [0.29, 0.717) is 41.7 Å². The number of nitrogens with zero attached hydrogens (tertiary/aromatic N) is 3. The molecule has 4 aliphatic heterocycles. The molecule has 194 valence electrons. The fourth-order valence-electron chi connectivity index (χ4n) is 5.80. The predicted molar refractivity (Wildman–Crippen MR) is 140 cm³/mol. The highest BCUT2D eigenvalue weighted by Gasteiger charge is 2.40. The van der Waals surface area contributed by atoms with Gasteiger partial charge in [0.05, 0.1) is 11.4 Å². The highest BCUT2D eigenvalue weighted by molar-refractivity contribution is 6.11. The summed E-state index contributed by atoms with van der Waals surface area (Å²) in [6.45, 7) is 3.12. The molecule has 2 fully saturated rings. The van der Waals surface area contributed by atoms with Gasteiger partial charge in [-0.15, -0.1) is 0 Å². The Morgan fingerprint density at radius 1 is 0.865 bits per heavy atom. The zero-order chi connectivity index (χ0) is 25.4. The number of nitrogens with one attached hydrogen (secondary N) is 1. The fraction of sp³-hybridized carbons (Fsp3) is 0.464. The van der Waals surface area contributed by atoms with Crippen molar-refractivity contribution < 1.29 is 23.9 Å². The number of benzene rings is 2. The molecule has 4 aliphatic rings. The minimum absolute atomic E-state index is 0.0172. The van der Waals surface area contributed by atoms with Crippen LogP contribution in [0.3, 0.4) is 0 Å². The zero-order valence-electron chi connectivity index (χ0n) is 20.9. The van der Waals surface area contributed by atoms with Gasteiger partial charge in [-0.2, -0.15) is 0 Å². The highest BCUT2D eigenvalue weighted by atomic mass is 16.6. The monoisotopic (exact) mass is 504 g/mol. The fourth-order valence-corrected chi connectivity index (χ4v) is 5.80. The normalized spacial score (nSPS) is 20.7. The number of carbonyl (C=O) groups excluding carboxylic acids is 3. The van der Waals surface area contributed by atoms with Gasteiger partial charge in [0.2, 0.25) is 11.8 Å². The summed E-state index contributed by atoms with van der Waals surface area (Å²) in [6, 6.07) is 10.6. The van der Waals surface area contributed by atoms with E-state index in [4.69, 9.17) is 9.47 Å². The minimum Gasteiger partial charge on any atom is -0.486 e. The Morgan fingerprint density at radius 2 is 1.65 bits per heavy atom. The van der Waals surface area contributed by atoms with Gasteiger partial charge in [0.15, 0.2) is 11.5 Å². The molecule has 0 unspecified atom stereocenters. The van der Waals surface area contributed by atoms with Crippen molar-refractivity contribution in [1.82, 2.24) is 4.90 Å². The third kappa shape index (κ3) is 4.58. The molecule has 2 aromatic rings. The SMILES string of the molecule is O=C(CN1C(=O)[C@H]2CCCCN2c2ccc(C(=O)N3CCCCC3)cc21)Nc1ccc2c(c1)OCCO2. The highest BCUT2D eigenvalue weighted by Crippen LogP contribution is 2.40. The number of rotatable bonds is 4. The molecule has 3 amide bonds. The number of carbonyl (C=O) groups is 3. The van der Waals surface area contributed by atoms with Crippen LogP contribution in [0.1, 0.15) is 48.9 Å². The Kier molecular flexibility index (Phi) is 6.36. The smallest absolute Gasteiger partial charge is 0.253 e. The van der Waals surface area contributed by atoms with Gasteiger partial charge in [0.25, 0.3) is 5.91 Å². The van der Waals surface area contributed by atoms with Gasteiger partial charge in [0.1, 0.15) is 25.8 Å². The first-order valence-corrected chi connectivity index (χ1v) is 13.3. The molecule has 37 heavy (non-hydrogen) atoms. The van der Waals surface area contributed by atoms with Crippen LogP contribution in [0.15, 0.2) is 36.4 Å². The number of hydrogen-bond acceptors (Lipinski definition) is 6. The van der Waals surface area contributed by atoms with Gasteiger partial charge < -0.3 is 24.6 Å². The molecule has 9 nitrogen and oxygen atoms in total. The van der Waals surface area contributed by atoms with E-state index in [2.05, 4.69) is 10.2 Å². The van der Waals surface area contributed by atoms with Gasteiger partial charge in [0, 0.05) is 37.0 Å². The lowest BCUT2D eigenvalue weighted by molar-refractivity contribution is -0.123. The van der Waals surface area contributed by atoms with Crippen molar-refractivity contribution in [3.63, 3.8) is 0 Å². The molecule has 0 saturated carbocycles. The summed E-state index contributed by atoms with van der Waals surface area (Å²) in [5.41, 5.74) is 2.67. The Bertz CT molecular complexity index is 1230. The van der Waals surface area contributed by atoms with Crippen LogP contribution in [0.25, 0.3) is 0 Å². The van der Waals surface area contributed by atoms with Crippen LogP contribution in [0.4, 0.5) is 17.1 Å². The Labute approximate surface area is 216 Å². The topological polar surface area (TPSA) is 91.4 Å². The lowest BCUT2D eigenvalue weighted by Gasteiger charge is -2.45. The molecule has 2 saturated heterocycles. The van der Waals surface area contributed by atoms with Gasteiger partial charge >= 0.3 is 0 Å². The number of fused-ring (bicyclic) bond motifs is 4. The van der Waals surface area contributed by atoms with Gasteiger partial charge in [-0.3, -0.25) is 19.3 Å². The van der Waals surface area contributed by atoms with E-state index in [0.717, 1.165) is 63.8 Å². The van der Waals surface area contributed by atoms with E-state index >= 15 is 0 Å². The second kappa shape index (κ2) is 9.95. The Morgan fingerprint density at radius 3 is 2.49 bits per heavy atom. The predicted octanol–water partition coefficient (Wildman–Crippen LogP) is 3.43. The lowest BCUT2D eigenvalue weighted by atomic mass is 9.95. The quantitative estimate of drug-likeness (QED) is 0.686. The molecule has 0 aliphatic carbocycles. The van der Waals surface area contributed by atoms with Crippen LogP contribution in [0.5, 0.6) is 11.5 Å². The third-order valence-electron chi connectivity index (χ3n) is 7.65. The number of hydrogen-bond donors (Lipinski definition) is 1. The molecule has 0 bridgehead atoms. The number of ether oxygens (including phenoxy) is 2. The van der Waals surface area contributed by atoms with Crippen LogP contribution in [0.2, 0.25) is 0 Å². The molecular weight excluding hydrogens is 472 g/mol. The molecule has 0 radical (unpaired) electrons. The summed E-state index contributed by atoms with van der Waals surface area (Å²) in [4.78, 5) is 45.7. The molecule has 9 heteroatoms. The van der Waals surface area contributed by atoms with Crippen molar-refractivity contribution in [1.29, 1.82) is 0 Å². The molecular formula is C28H32N4O5. The molecule has 1 N–H and O–H groups in total. The average molecular weight is 505 g/mol. The molecule has 6 rings (SSSR count). The number of amides is 3. The molecule has 0 aromatic heterocycles. The summed E-state index contributed by atoms with van der Waals surface area (Å²) in [5, 5.41) is 2.89. The van der Waals surface area contributed by atoms with E-state index in [1.165, 1.54) is 0 Å². The lowest BCUT2D eigenvalue weighted by Crippen LogP contribution is -2.56. The first kappa shape index (κ1) is 23.6. The van der Waals surface area contributed by atoms with Crippen LogP contribution in [-0.4, -0.2) is 68.1 Å². The number of anilines is 3. The Hall–Kier alpha value is -3.75. The summed E-state index contributed by atoms with van der Waals surface area (Å²) in [5.74, 6) is 0.811. The van der Waals surface area contributed by atoms with Crippen molar-refractivity contribution in [2.45, 2.75) is 44.6 Å². The van der Waals surface area contributed by atoms with Crippen LogP contribution >= 0.6 is 0 Å². The van der Waals surface area contributed by atoms with Crippen LogP contribution in [0, 0.1) is 0 Å². The Balaban J connectivity index is 1.27. The van der Waals surface area contributed by atoms with E-state index in [1.807, 2.05) is 17.0 Å². The first-order chi connectivity index (χ1) is 18.1. The maximum atomic E-state index is 13.7. The van der Waals surface area contributed by atoms with Crippen molar-refractivity contribution in [2.75, 3.05) is 54.5 Å². The van der Waals surface area contributed by atoms with E-state index in [9.17, 15) is 14.4 Å². The first-order valence-electron chi connectivity index (χ1n) is 13.3. The molecule has 4 heterocycles. The van der Waals surface area contributed by atoms with Crippen molar-refractivity contribution in [2.24, 2.45) is 0 Å². The van der Waals surface area contributed by atoms with E-state index < -0.39 is 0 Å². The molecule has 2 aromatic carbocycles. The second-order valence-electron chi connectivity index (χ2n) is 10.1. The summed E-state index contributed by atoms with van der Waals surface area (Å²) < 4.78 is 11.2. The van der Waals surface area contributed by atoms with Crippen LogP contribution in [-0.2, 0) is 9.59 Å². The standard InChI is InChI=1S/C28H32N4O5/c33-26(29-20-8-10-24-25(17-20)37-15-14-36-24)18-32-23-16-19(27(34)30-11-3-1-4-12-30)7-9-21(23)31-13-5-2-6-22(31)28(32)35/h7-10,16-17,22H,1-6,11-15,18H2,(H,29,33)/t22-/m1/s1.